The van der Waals surface area contributed by atoms with Crippen molar-refractivity contribution in [3.05, 3.63) is 0 Å². The molecule has 0 amide bonds. The van der Waals surface area contributed by atoms with Gasteiger partial charge in [0.2, 0.25) is 0 Å². The Labute approximate surface area is 78.0 Å². The normalized spacial score (nSPS) is 28.8. The minimum atomic E-state index is -0.427. The van der Waals surface area contributed by atoms with E-state index in [2.05, 4.69) is 10.1 Å². The van der Waals surface area contributed by atoms with E-state index in [4.69, 9.17) is 4.74 Å². The van der Waals surface area contributed by atoms with E-state index in [1.807, 2.05) is 6.92 Å². The maximum atomic E-state index is 10.9. The van der Waals surface area contributed by atoms with E-state index in [-0.39, 0.29) is 24.5 Å². The molecule has 1 aliphatic heterocycles. The van der Waals surface area contributed by atoms with Crippen LogP contribution in [0.4, 0.5) is 0 Å². The molecule has 5 heteroatoms. The van der Waals surface area contributed by atoms with Crippen molar-refractivity contribution in [2.24, 2.45) is 0 Å². The van der Waals surface area contributed by atoms with Gasteiger partial charge in [0.25, 0.3) is 0 Å². The van der Waals surface area contributed by atoms with Gasteiger partial charge in [-0.3, -0.25) is 0 Å². The molecule has 0 aromatic carbocycles. The van der Waals surface area contributed by atoms with Crippen LogP contribution in [0.25, 0.3) is 0 Å². The van der Waals surface area contributed by atoms with Crippen molar-refractivity contribution < 1.29 is 14.3 Å². The minimum Gasteiger partial charge on any atom is -0.467 e. The first-order chi connectivity index (χ1) is 5.24. The summed E-state index contributed by atoms with van der Waals surface area (Å²) in [6, 6.07) is 0. The second-order valence-corrected chi connectivity index (χ2v) is 2.62. The van der Waals surface area contributed by atoms with Crippen LogP contribution < -0.4 is 5.32 Å². The topological polar surface area (TPSA) is 47.6 Å². The summed E-state index contributed by atoms with van der Waals surface area (Å²) in [5, 5.41) is 3.07. The summed E-state index contributed by atoms with van der Waals surface area (Å²) >= 11 is 0. The number of hydrogen-bond acceptors (Lipinski definition) is 4. The number of methoxy groups -OCH3 is 1. The lowest BCUT2D eigenvalue weighted by atomic mass is 10.2. The van der Waals surface area contributed by atoms with E-state index in [0.717, 1.165) is 6.54 Å². The number of nitrogens with one attached hydrogen (secondary N) is 1. The highest BCUT2D eigenvalue weighted by Crippen LogP contribution is 2.03. The molecule has 1 saturated heterocycles. The maximum absolute atomic E-state index is 10.9. The number of ether oxygens (including phenoxy) is 2. The second kappa shape index (κ2) is 5.35. The largest absolute Gasteiger partial charge is 0.467 e. The van der Waals surface area contributed by atoms with Crippen LogP contribution in [0.2, 0.25) is 0 Å². The van der Waals surface area contributed by atoms with Gasteiger partial charge in [0.05, 0.1) is 13.2 Å². The molecule has 0 spiro atoms. The van der Waals surface area contributed by atoms with Gasteiger partial charge in [0.15, 0.2) is 6.10 Å². The second-order valence-electron chi connectivity index (χ2n) is 2.62. The molecule has 1 aliphatic rings. The summed E-state index contributed by atoms with van der Waals surface area (Å²) in [4.78, 5) is 10.9. The fourth-order valence-electron chi connectivity index (χ4n) is 1.06. The lowest BCUT2D eigenvalue weighted by molar-refractivity contribution is -0.159. The highest BCUT2D eigenvalue weighted by Gasteiger charge is 2.25. The van der Waals surface area contributed by atoms with Crippen molar-refractivity contribution >= 4 is 18.4 Å². The Balaban J connectivity index is 0.00000121. The standard InChI is InChI=1S/C7H13NO3.ClH/c1-5-3-8-4-6(11-5)7(9)10-2;/h5-6,8H,3-4H2,1-2H3;1H/t5-,6-;/m0./s1. The van der Waals surface area contributed by atoms with Crippen molar-refractivity contribution in [1.82, 2.24) is 5.32 Å². The number of carbonyl (C=O) groups is 1. The third-order valence-electron chi connectivity index (χ3n) is 1.62. The van der Waals surface area contributed by atoms with Crippen molar-refractivity contribution in [3.8, 4) is 0 Å². The van der Waals surface area contributed by atoms with Crippen LogP contribution in [-0.2, 0) is 14.3 Å². The predicted molar refractivity (Wildman–Crippen MR) is 46.5 cm³/mol. The van der Waals surface area contributed by atoms with Gasteiger partial charge in [-0.25, -0.2) is 4.79 Å². The third-order valence-corrected chi connectivity index (χ3v) is 1.62. The van der Waals surface area contributed by atoms with E-state index >= 15 is 0 Å². The molecule has 1 N–H and O–H groups in total. The molecular weight excluding hydrogens is 182 g/mol. The van der Waals surface area contributed by atoms with Crippen molar-refractivity contribution in [3.63, 3.8) is 0 Å². The van der Waals surface area contributed by atoms with Gasteiger partial charge < -0.3 is 14.8 Å². The highest BCUT2D eigenvalue weighted by molar-refractivity contribution is 5.85. The molecule has 1 rings (SSSR count). The molecule has 72 valence electrons. The predicted octanol–water partition coefficient (Wildman–Crippen LogP) is -0.0419. The molecule has 0 radical (unpaired) electrons. The summed E-state index contributed by atoms with van der Waals surface area (Å²) in [6.07, 6.45) is -0.336. The molecule has 0 aromatic rings. The third kappa shape index (κ3) is 2.97. The number of halogens is 1. The van der Waals surface area contributed by atoms with Crippen LogP contribution in [0, 0.1) is 0 Å². The van der Waals surface area contributed by atoms with Gasteiger partial charge in [-0.2, -0.15) is 0 Å². The van der Waals surface area contributed by atoms with Gasteiger partial charge in [-0.05, 0) is 6.92 Å². The lowest BCUT2D eigenvalue weighted by Gasteiger charge is -2.26. The molecule has 1 fully saturated rings. The Morgan fingerprint density at radius 3 is 2.75 bits per heavy atom. The van der Waals surface area contributed by atoms with Crippen molar-refractivity contribution in [1.29, 1.82) is 0 Å². The number of rotatable bonds is 1. The van der Waals surface area contributed by atoms with Crippen LogP contribution in [0.1, 0.15) is 6.92 Å². The monoisotopic (exact) mass is 195 g/mol. The first-order valence-electron chi connectivity index (χ1n) is 3.68. The molecule has 0 unspecified atom stereocenters. The van der Waals surface area contributed by atoms with Gasteiger partial charge in [0.1, 0.15) is 0 Å². The molecule has 0 bridgehead atoms. The molecule has 0 aliphatic carbocycles. The van der Waals surface area contributed by atoms with Gasteiger partial charge in [0, 0.05) is 13.1 Å². The van der Waals surface area contributed by atoms with Gasteiger partial charge >= 0.3 is 5.97 Å². The van der Waals surface area contributed by atoms with E-state index in [1.165, 1.54) is 7.11 Å². The fraction of sp³-hybridized carbons (Fsp3) is 0.857. The zero-order chi connectivity index (χ0) is 8.27. The molecule has 0 saturated carbocycles. The van der Waals surface area contributed by atoms with Gasteiger partial charge in [-0.1, -0.05) is 0 Å². The first-order valence-corrected chi connectivity index (χ1v) is 3.68. The maximum Gasteiger partial charge on any atom is 0.336 e. The Morgan fingerprint density at radius 2 is 2.25 bits per heavy atom. The molecule has 0 aromatic heterocycles. The summed E-state index contributed by atoms with van der Waals surface area (Å²) in [6.45, 7) is 3.27. The first kappa shape index (κ1) is 11.7. The number of carbonyl (C=O) groups excluding carboxylic acids is 1. The Kier molecular flexibility index (Phi) is 5.20. The summed E-state index contributed by atoms with van der Waals surface area (Å²) < 4.78 is 9.84. The van der Waals surface area contributed by atoms with E-state index in [0.29, 0.717) is 6.54 Å². The Bertz CT molecular complexity index is 154. The number of hydrogen-bond donors (Lipinski definition) is 1. The zero-order valence-corrected chi connectivity index (χ0v) is 8.02. The van der Waals surface area contributed by atoms with Crippen LogP contribution in [-0.4, -0.2) is 38.4 Å². The van der Waals surface area contributed by atoms with Crippen LogP contribution in [0.3, 0.4) is 0 Å². The SMILES string of the molecule is COC(=O)[C@@H]1CNC[C@H](C)O1.Cl. The fourth-order valence-corrected chi connectivity index (χ4v) is 1.06. The summed E-state index contributed by atoms with van der Waals surface area (Å²) in [5.74, 6) is -0.302. The van der Waals surface area contributed by atoms with Crippen molar-refractivity contribution in [2.45, 2.75) is 19.1 Å². The van der Waals surface area contributed by atoms with Crippen LogP contribution in [0.15, 0.2) is 0 Å². The zero-order valence-electron chi connectivity index (χ0n) is 7.20. The molecule has 12 heavy (non-hydrogen) atoms. The Hall–Kier alpha value is -0.320. The number of morpholine rings is 1. The quantitative estimate of drug-likeness (QED) is 0.597. The van der Waals surface area contributed by atoms with Crippen LogP contribution in [0.5, 0.6) is 0 Å². The Morgan fingerprint density at radius 1 is 1.58 bits per heavy atom. The molecular formula is C7H14ClNO3. The molecule has 1 heterocycles. The molecule has 2 atom stereocenters. The highest BCUT2D eigenvalue weighted by atomic mass is 35.5. The molecule has 4 nitrogen and oxygen atoms in total. The smallest absolute Gasteiger partial charge is 0.336 e. The average Bonchev–Trinajstić information content (AvgIpc) is 2.03. The summed E-state index contributed by atoms with van der Waals surface area (Å²) in [7, 11) is 1.37. The van der Waals surface area contributed by atoms with E-state index < -0.39 is 6.10 Å². The van der Waals surface area contributed by atoms with E-state index in [9.17, 15) is 4.79 Å². The summed E-state index contributed by atoms with van der Waals surface area (Å²) in [5.41, 5.74) is 0. The lowest BCUT2D eigenvalue weighted by Crippen LogP contribution is -2.47. The average molecular weight is 196 g/mol. The number of esters is 1. The van der Waals surface area contributed by atoms with E-state index in [1.54, 1.807) is 0 Å². The van der Waals surface area contributed by atoms with Gasteiger partial charge in [-0.15, -0.1) is 12.4 Å². The van der Waals surface area contributed by atoms with Crippen molar-refractivity contribution in [2.75, 3.05) is 20.2 Å². The minimum absolute atomic E-state index is 0. The van der Waals surface area contributed by atoms with Crippen LogP contribution >= 0.6 is 12.4 Å².